The molecule has 7 heteroatoms. The van der Waals surface area contributed by atoms with Gasteiger partial charge < -0.3 is 14.0 Å². The van der Waals surface area contributed by atoms with Crippen molar-refractivity contribution in [3.63, 3.8) is 0 Å². The molecular formula is C14H10N2O4S. The maximum atomic E-state index is 10.7. The van der Waals surface area contributed by atoms with Gasteiger partial charge in [0.05, 0.1) is 22.5 Å². The average molecular weight is 302 g/mol. The van der Waals surface area contributed by atoms with E-state index in [1.807, 2.05) is 0 Å². The first kappa shape index (κ1) is 13.4. The molecule has 3 rings (SSSR count). The number of aromatic nitrogens is 2. The van der Waals surface area contributed by atoms with Gasteiger partial charge in [0.2, 0.25) is 5.76 Å². The molecule has 0 saturated carbocycles. The summed E-state index contributed by atoms with van der Waals surface area (Å²) in [5.74, 6) is 0.787. The number of hydrogen-bond acceptors (Lipinski definition) is 6. The first-order valence-corrected chi connectivity index (χ1v) is 7.02. The number of nitrogens with zero attached hydrogens (tertiary/aromatic N) is 2. The minimum atomic E-state index is -0.987. The molecule has 0 unspecified atom stereocenters. The molecule has 3 aromatic rings. The van der Waals surface area contributed by atoms with E-state index in [4.69, 9.17) is 14.0 Å². The molecule has 0 spiro atoms. The van der Waals surface area contributed by atoms with Crippen molar-refractivity contribution in [2.75, 3.05) is 0 Å². The predicted molar refractivity (Wildman–Crippen MR) is 75.0 cm³/mol. The van der Waals surface area contributed by atoms with E-state index in [0.717, 1.165) is 10.7 Å². The summed E-state index contributed by atoms with van der Waals surface area (Å²) >= 11 is 1.45. The van der Waals surface area contributed by atoms with Crippen molar-refractivity contribution < 1.29 is 18.8 Å². The molecule has 6 nitrogen and oxygen atoms in total. The third-order valence-electron chi connectivity index (χ3n) is 2.67. The lowest BCUT2D eigenvalue weighted by Gasteiger charge is -1.98. The monoisotopic (exact) mass is 302 g/mol. The largest absolute Gasteiger partial charge is 0.478 e. The van der Waals surface area contributed by atoms with Crippen LogP contribution in [0, 0.1) is 0 Å². The highest BCUT2D eigenvalue weighted by molar-refractivity contribution is 7.98. The number of carbonyl (C=O) groups is 1. The summed E-state index contributed by atoms with van der Waals surface area (Å²) in [6, 6.07) is 8.57. The fraction of sp³-hybridized carbons (Fsp3) is 0.0714. The van der Waals surface area contributed by atoms with Crippen LogP contribution < -0.4 is 0 Å². The summed E-state index contributed by atoms with van der Waals surface area (Å²) in [5.41, 5.74) is 0.927. The van der Waals surface area contributed by atoms with E-state index in [9.17, 15) is 4.79 Å². The van der Waals surface area contributed by atoms with Crippen LogP contribution in [0.25, 0.3) is 11.5 Å². The number of aromatic carboxylic acids is 1. The normalized spacial score (nSPS) is 10.7. The second kappa shape index (κ2) is 5.84. The number of furan rings is 1. The van der Waals surface area contributed by atoms with Crippen LogP contribution in [-0.4, -0.2) is 21.2 Å². The van der Waals surface area contributed by atoms with Crippen molar-refractivity contribution in [1.82, 2.24) is 10.1 Å². The van der Waals surface area contributed by atoms with Crippen LogP contribution in [0.3, 0.4) is 0 Å². The summed E-state index contributed by atoms with van der Waals surface area (Å²) in [4.78, 5) is 14.8. The molecule has 0 bridgehead atoms. The molecular weight excluding hydrogens is 292 g/mol. The topological polar surface area (TPSA) is 89.4 Å². The highest BCUT2D eigenvalue weighted by Gasteiger charge is 2.10. The molecule has 3 aromatic heterocycles. The van der Waals surface area contributed by atoms with Gasteiger partial charge in [0, 0.05) is 18.0 Å². The smallest absolute Gasteiger partial charge is 0.337 e. The molecule has 3 heterocycles. The molecule has 0 saturated heterocycles. The van der Waals surface area contributed by atoms with E-state index >= 15 is 0 Å². The number of hydrogen-bond donors (Lipinski definition) is 1. The predicted octanol–water partition coefficient (Wildman–Crippen LogP) is 3.32. The van der Waals surface area contributed by atoms with Crippen molar-refractivity contribution >= 4 is 17.7 Å². The zero-order valence-electron chi connectivity index (χ0n) is 10.7. The van der Waals surface area contributed by atoms with E-state index in [1.54, 1.807) is 30.5 Å². The Morgan fingerprint density at radius 1 is 1.29 bits per heavy atom. The molecule has 0 atom stereocenters. The van der Waals surface area contributed by atoms with Crippen LogP contribution >= 0.6 is 11.8 Å². The summed E-state index contributed by atoms with van der Waals surface area (Å²) in [6.07, 6.45) is 2.90. The van der Waals surface area contributed by atoms with Gasteiger partial charge >= 0.3 is 5.97 Å². The number of rotatable bonds is 5. The number of carboxylic acids is 1. The molecule has 106 valence electrons. The standard InChI is InChI=1S/C14H10N2O4S/c17-14(18)9-3-4-13(15-7-9)21-8-10-6-12(20-16-10)11-2-1-5-19-11/h1-7H,8H2,(H,17,18). The van der Waals surface area contributed by atoms with Gasteiger partial charge in [-0.15, -0.1) is 0 Å². The van der Waals surface area contributed by atoms with E-state index in [1.165, 1.54) is 24.0 Å². The molecule has 0 aromatic carbocycles. The Morgan fingerprint density at radius 3 is 2.86 bits per heavy atom. The summed E-state index contributed by atoms with van der Waals surface area (Å²) < 4.78 is 10.4. The SMILES string of the molecule is O=C(O)c1ccc(SCc2cc(-c3ccco3)on2)nc1. The fourth-order valence-electron chi connectivity index (χ4n) is 1.65. The Labute approximate surface area is 123 Å². The first-order chi connectivity index (χ1) is 10.2. The lowest BCUT2D eigenvalue weighted by Crippen LogP contribution is -1.96. The molecule has 0 aliphatic rings. The third kappa shape index (κ3) is 3.14. The van der Waals surface area contributed by atoms with E-state index < -0.39 is 5.97 Å². The Balaban J connectivity index is 1.64. The van der Waals surface area contributed by atoms with Crippen LogP contribution in [0.2, 0.25) is 0 Å². The minimum absolute atomic E-state index is 0.167. The first-order valence-electron chi connectivity index (χ1n) is 6.04. The second-order valence-corrected chi connectivity index (χ2v) is 5.13. The van der Waals surface area contributed by atoms with Crippen molar-refractivity contribution in [3.05, 3.63) is 54.0 Å². The molecule has 0 radical (unpaired) electrons. The van der Waals surface area contributed by atoms with Gasteiger partial charge in [0.25, 0.3) is 0 Å². The van der Waals surface area contributed by atoms with E-state index in [2.05, 4.69) is 10.1 Å². The molecule has 0 aliphatic heterocycles. The third-order valence-corrected chi connectivity index (χ3v) is 3.65. The average Bonchev–Trinajstić information content (AvgIpc) is 3.16. The van der Waals surface area contributed by atoms with Crippen molar-refractivity contribution in [2.45, 2.75) is 10.8 Å². The lowest BCUT2D eigenvalue weighted by atomic mass is 10.3. The van der Waals surface area contributed by atoms with Gasteiger partial charge in [-0.1, -0.05) is 16.9 Å². The molecule has 1 N–H and O–H groups in total. The van der Waals surface area contributed by atoms with Crippen LogP contribution in [0.5, 0.6) is 0 Å². The number of carboxylic acid groups (broad SMARTS) is 1. The van der Waals surface area contributed by atoms with Gasteiger partial charge in [-0.05, 0) is 24.3 Å². The van der Waals surface area contributed by atoms with Crippen LogP contribution in [0.15, 0.2) is 56.8 Å². The molecule has 0 fully saturated rings. The number of thioether (sulfide) groups is 1. The van der Waals surface area contributed by atoms with Crippen LogP contribution in [0.1, 0.15) is 16.1 Å². The summed E-state index contributed by atoms with van der Waals surface area (Å²) in [7, 11) is 0. The Bertz CT molecular complexity index is 735. The van der Waals surface area contributed by atoms with Crippen LogP contribution in [0.4, 0.5) is 0 Å². The highest BCUT2D eigenvalue weighted by atomic mass is 32.2. The Kier molecular flexibility index (Phi) is 3.74. The van der Waals surface area contributed by atoms with Gasteiger partial charge in [-0.3, -0.25) is 0 Å². The second-order valence-electron chi connectivity index (χ2n) is 4.14. The maximum Gasteiger partial charge on any atom is 0.337 e. The van der Waals surface area contributed by atoms with Gasteiger partial charge in [0.1, 0.15) is 0 Å². The van der Waals surface area contributed by atoms with E-state index in [-0.39, 0.29) is 5.56 Å². The van der Waals surface area contributed by atoms with Crippen molar-refractivity contribution in [2.24, 2.45) is 0 Å². The quantitative estimate of drug-likeness (QED) is 0.723. The molecule has 0 amide bonds. The Morgan fingerprint density at radius 2 is 2.19 bits per heavy atom. The summed E-state index contributed by atoms with van der Waals surface area (Å²) in [5, 5.41) is 13.5. The fourth-order valence-corrected chi connectivity index (χ4v) is 2.38. The Hall–Kier alpha value is -2.54. The minimum Gasteiger partial charge on any atom is -0.478 e. The summed E-state index contributed by atoms with van der Waals surface area (Å²) in [6.45, 7) is 0. The van der Waals surface area contributed by atoms with E-state index in [0.29, 0.717) is 17.3 Å². The maximum absolute atomic E-state index is 10.7. The van der Waals surface area contributed by atoms with Gasteiger partial charge in [-0.2, -0.15) is 0 Å². The number of pyridine rings is 1. The van der Waals surface area contributed by atoms with Crippen molar-refractivity contribution in [3.8, 4) is 11.5 Å². The molecule has 0 aliphatic carbocycles. The van der Waals surface area contributed by atoms with Gasteiger partial charge in [-0.25, -0.2) is 9.78 Å². The lowest BCUT2D eigenvalue weighted by molar-refractivity contribution is 0.0696. The highest BCUT2D eigenvalue weighted by Crippen LogP contribution is 2.25. The zero-order valence-corrected chi connectivity index (χ0v) is 11.5. The zero-order chi connectivity index (χ0) is 14.7. The van der Waals surface area contributed by atoms with Crippen molar-refractivity contribution in [1.29, 1.82) is 0 Å². The molecule has 21 heavy (non-hydrogen) atoms. The van der Waals surface area contributed by atoms with Gasteiger partial charge in [0.15, 0.2) is 5.76 Å². The van der Waals surface area contributed by atoms with Crippen LogP contribution in [-0.2, 0) is 5.75 Å².